The molecule has 0 unspecified atom stereocenters. The molecule has 1 aliphatic rings. The number of ether oxygens (including phenoxy) is 1. The average Bonchev–Trinajstić information content (AvgIpc) is 2.39. The van der Waals surface area contributed by atoms with Gasteiger partial charge >= 0.3 is 0 Å². The lowest BCUT2D eigenvalue weighted by Crippen LogP contribution is -2.37. The zero-order chi connectivity index (χ0) is 11.4. The molecule has 0 radical (unpaired) electrons. The third kappa shape index (κ3) is 2.47. The highest BCUT2D eigenvalue weighted by Gasteiger charge is 2.20. The van der Waals surface area contributed by atoms with E-state index in [-0.39, 0.29) is 0 Å². The van der Waals surface area contributed by atoms with E-state index in [1.165, 1.54) is 0 Å². The summed E-state index contributed by atoms with van der Waals surface area (Å²) in [5.74, 6) is 1.56. The van der Waals surface area contributed by atoms with Gasteiger partial charge < -0.3 is 9.64 Å². The molecule has 0 aliphatic carbocycles. The predicted octanol–water partition coefficient (Wildman–Crippen LogP) is 2.44. The van der Waals surface area contributed by atoms with Crippen molar-refractivity contribution in [1.29, 1.82) is 0 Å². The first kappa shape index (κ1) is 11.7. The summed E-state index contributed by atoms with van der Waals surface area (Å²) in [4.78, 5) is 6.72. The summed E-state index contributed by atoms with van der Waals surface area (Å²) in [6, 6.07) is 3.97. The van der Waals surface area contributed by atoms with E-state index in [0.717, 1.165) is 37.3 Å². The van der Waals surface area contributed by atoms with Gasteiger partial charge in [-0.15, -0.1) is 11.6 Å². The minimum atomic E-state index is 0.402. The molecule has 4 heteroatoms. The minimum absolute atomic E-state index is 0.402. The van der Waals surface area contributed by atoms with Crippen molar-refractivity contribution in [3.05, 3.63) is 23.9 Å². The van der Waals surface area contributed by atoms with E-state index in [1.54, 1.807) is 7.11 Å². The molecule has 0 spiro atoms. The lowest BCUT2D eigenvalue weighted by Gasteiger charge is -2.32. The topological polar surface area (TPSA) is 25.4 Å². The quantitative estimate of drug-likeness (QED) is 0.759. The first-order valence-corrected chi connectivity index (χ1v) is 6.16. The highest BCUT2D eigenvalue weighted by molar-refractivity contribution is 6.17. The molecule has 0 saturated carbocycles. The van der Waals surface area contributed by atoms with Gasteiger partial charge in [0.15, 0.2) is 0 Å². The number of halogens is 1. The van der Waals surface area contributed by atoms with E-state index < -0.39 is 0 Å². The lowest BCUT2D eigenvalue weighted by molar-refractivity contribution is 0.0818. The van der Waals surface area contributed by atoms with Crippen molar-refractivity contribution in [3.63, 3.8) is 0 Å². The van der Waals surface area contributed by atoms with Gasteiger partial charge in [0, 0.05) is 32.0 Å². The van der Waals surface area contributed by atoms with Crippen molar-refractivity contribution in [2.24, 2.45) is 0 Å². The zero-order valence-electron chi connectivity index (χ0n) is 9.53. The van der Waals surface area contributed by atoms with E-state index in [2.05, 4.69) is 9.88 Å². The molecule has 0 amide bonds. The normalized spacial score (nSPS) is 17.8. The molecule has 0 N–H and O–H groups in total. The number of hydrogen-bond donors (Lipinski definition) is 0. The van der Waals surface area contributed by atoms with Crippen molar-refractivity contribution >= 4 is 17.4 Å². The van der Waals surface area contributed by atoms with Crippen molar-refractivity contribution in [1.82, 2.24) is 4.98 Å². The monoisotopic (exact) mass is 240 g/mol. The molecule has 2 heterocycles. The van der Waals surface area contributed by atoms with Gasteiger partial charge in [0.2, 0.25) is 0 Å². The highest BCUT2D eigenvalue weighted by Crippen LogP contribution is 2.23. The van der Waals surface area contributed by atoms with Gasteiger partial charge in [-0.3, -0.25) is 0 Å². The summed E-state index contributed by atoms with van der Waals surface area (Å²) in [6.07, 6.45) is 4.36. The number of piperidine rings is 1. The summed E-state index contributed by atoms with van der Waals surface area (Å²) in [6.45, 7) is 2.00. The highest BCUT2D eigenvalue weighted by atomic mass is 35.5. The summed E-state index contributed by atoms with van der Waals surface area (Å²) in [5.41, 5.74) is 1.11. The molecule has 1 aromatic rings. The Labute approximate surface area is 101 Å². The van der Waals surface area contributed by atoms with Crippen LogP contribution in [0.1, 0.15) is 18.4 Å². The molecule has 16 heavy (non-hydrogen) atoms. The maximum atomic E-state index is 5.92. The fourth-order valence-electron chi connectivity index (χ4n) is 2.12. The molecule has 1 fully saturated rings. The second kappa shape index (κ2) is 5.51. The molecule has 1 saturated heterocycles. The summed E-state index contributed by atoms with van der Waals surface area (Å²) in [5, 5.41) is 0. The molecule has 3 nitrogen and oxygen atoms in total. The number of pyridine rings is 1. The van der Waals surface area contributed by atoms with Gasteiger partial charge in [0.1, 0.15) is 5.82 Å². The summed E-state index contributed by atoms with van der Waals surface area (Å²) >= 11 is 5.92. The van der Waals surface area contributed by atoms with Gasteiger partial charge in [0.05, 0.1) is 12.0 Å². The second-order valence-corrected chi connectivity index (χ2v) is 4.31. The van der Waals surface area contributed by atoms with Gasteiger partial charge in [-0.05, 0) is 18.9 Å². The number of nitrogens with zero attached hydrogens (tertiary/aromatic N) is 2. The standard InChI is InChI=1S/C12H17ClN2O/c1-16-11-4-7-15(8-5-11)12-10(9-13)3-2-6-14-12/h2-3,6,11H,4-5,7-9H2,1H3. The largest absolute Gasteiger partial charge is 0.381 e. The van der Waals surface area contributed by atoms with Crippen molar-refractivity contribution in [2.45, 2.75) is 24.8 Å². The molecule has 0 aromatic carbocycles. The summed E-state index contributed by atoms with van der Waals surface area (Å²) in [7, 11) is 1.78. The Bertz CT molecular complexity index is 338. The maximum Gasteiger partial charge on any atom is 0.132 e. The number of hydrogen-bond acceptors (Lipinski definition) is 3. The number of aromatic nitrogens is 1. The van der Waals surface area contributed by atoms with Gasteiger partial charge in [-0.2, -0.15) is 0 Å². The number of methoxy groups -OCH3 is 1. The van der Waals surface area contributed by atoms with Crippen molar-refractivity contribution < 1.29 is 4.74 Å². The Hall–Kier alpha value is -0.800. The van der Waals surface area contributed by atoms with E-state index >= 15 is 0 Å². The van der Waals surface area contributed by atoms with E-state index in [1.807, 2.05) is 18.3 Å². The fraction of sp³-hybridized carbons (Fsp3) is 0.583. The van der Waals surface area contributed by atoms with Crippen LogP contribution in [0.2, 0.25) is 0 Å². The molecule has 88 valence electrons. The smallest absolute Gasteiger partial charge is 0.132 e. The van der Waals surface area contributed by atoms with E-state index in [0.29, 0.717) is 12.0 Å². The Morgan fingerprint density at radius 2 is 2.25 bits per heavy atom. The Balaban J connectivity index is 2.07. The van der Waals surface area contributed by atoms with Crippen LogP contribution in [0.4, 0.5) is 5.82 Å². The van der Waals surface area contributed by atoms with Crippen LogP contribution in [-0.4, -0.2) is 31.3 Å². The average molecular weight is 241 g/mol. The van der Waals surface area contributed by atoms with Gasteiger partial charge in [-0.1, -0.05) is 6.07 Å². The van der Waals surface area contributed by atoms with E-state index in [4.69, 9.17) is 16.3 Å². The number of rotatable bonds is 3. The third-order valence-electron chi connectivity index (χ3n) is 3.09. The van der Waals surface area contributed by atoms with E-state index in [9.17, 15) is 0 Å². The first-order chi connectivity index (χ1) is 7.85. The van der Waals surface area contributed by atoms with Crippen molar-refractivity contribution in [3.8, 4) is 0 Å². The van der Waals surface area contributed by atoms with Crippen LogP contribution in [0, 0.1) is 0 Å². The van der Waals surface area contributed by atoms with Crippen LogP contribution in [-0.2, 0) is 10.6 Å². The molecule has 1 aromatic heterocycles. The lowest BCUT2D eigenvalue weighted by atomic mass is 10.1. The Kier molecular flexibility index (Phi) is 4.02. The predicted molar refractivity (Wildman–Crippen MR) is 66.0 cm³/mol. The van der Waals surface area contributed by atoms with Crippen LogP contribution in [0.15, 0.2) is 18.3 Å². The van der Waals surface area contributed by atoms with Crippen LogP contribution in [0.3, 0.4) is 0 Å². The Morgan fingerprint density at radius 3 is 2.88 bits per heavy atom. The van der Waals surface area contributed by atoms with Crippen LogP contribution in [0.25, 0.3) is 0 Å². The first-order valence-electron chi connectivity index (χ1n) is 5.62. The van der Waals surface area contributed by atoms with Crippen LogP contribution < -0.4 is 4.90 Å². The Morgan fingerprint density at radius 1 is 1.50 bits per heavy atom. The minimum Gasteiger partial charge on any atom is -0.381 e. The maximum absolute atomic E-state index is 5.92. The zero-order valence-corrected chi connectivity index (χ0v) is 10.3. The second-order valence-electron chi connectivity index (χ2n) is 4.04. The fourth-order valence-corrected chi connectivity index (χ4v) is 2.33. The SMILES string of the molecule is COC1CCN(c2ncccc2CCl)CC1. The molecule has 1 aliphatic heterocycles. The molecule has 2 rings (SSSR count). The summed E-state index contributed by atoms with van der Waals surface area (Å²) < 4.78 is 5.36. The molecular formula is C12H17ClN2O. The number of anilines is 1. The van der Waals surface area contributed by atoms with Gasteiger partial charge in [0.25, 0.3) is 0 Å². The third-order valence-corrected chi connectivity index (χ3v) is 3.37. The van der Waals surface area contributed by atoms with Crippen LogP contribution >= 0.6 is 11.6 Å². The van der Waals surface area contributed by atoms with Crippen molar-refractivity contribution in [2.75, 3.05) is 25.1 Å². The molecule has 0 bridgehead atoms. The van der Waals surface area contributed by atoms with Gasteiger partial charge in [-0.25, -0.2) is 4.98 Å². The van der Waals surface area contributed by atoms with Crippen LogP contribution in [0.5, 0.6) is 0 Å². The molecular weight excluding hydrogens is 224 g/mol. The molecule has 0 atom stereocenters. The number of alkyl halides is 1.